The number of hydrogen-bond donors (Lipinski definition) is 1. The second kappa shape index (κ2) is 3.98. The molecule has 1 aliphatic rings. The number of ether oxygens (including phenoxy) is 1. The van der Waals surface area contributed by atoms with E-state index in [1.807, 2.05) is 42.5 Å². The summed E-state index contributed by atoms with van der Waals surface area (Å²) in [6, 6.07) is 14.0. The topological polar surface area (TPSA) is 21.3 Å². The van der Waals surface area contributed by atoms with Gasteiger partial charge in [-0.3, -0.25) is 0 Å². The molecular weight excluding hydrogens is 210 g/mol. The molecule has 2 heteroatoms. The molecule has 84 valence electrons. The zero-order valence-electron chi connectivity index (χ0n) is 9.44. The van der Waals surface area contributed by atoms with Crippen LogP contribution in [0.3, 0.4) is 0 Å². The Kier molecular flexibility index (Phi) is 2.33. The molecule has 1 heterocycles. The average molecular weight is 223 g/mol. The monoisotopic (exact) mass is 223 g/mol. The van der Waals surface area contributed by atoms with Gasteiger partial charge in [0, 0.05) is 0 Å². The van der Waals surface area contributed by atoms with Crippen LogP contribution >= 0.6 is 0 Å². The third kappa shape index (κ3) is 1.68. The van der Waals surface area contributed by atoms with E-state index in [9.17, 15) is 0 Å². The molecule has 17 heavy (non-hydrogen) atoms. The predicted octanol–water partition coefficient (Wildman–Crippen LogP) is 4.26. The van der Waals surface area contributed by atoms with E-state index in [0.29, 0.717) is 0 Å². The molecule has 0 aliphatic carbocycles. The molecule has 0 bridgehead atoms. The van der Waals surface area contributed by atoms with Crippen molar-refractivity contribution in [3.63, 3.8) is 0 Å². The second-order valence-corrected chi connectivity index (χ2v) is 4.01. The van der Waals surface area contributed by atoms with Crippen molar-refractivity contribution in [2.75, 3.05) is 5.32 Å². The first-order valence-corrected chi connectivity index (χ1v) is 5.65. The first-order valence-electron chi connectivity index (χ1n) is 5.65. The van der Waals surface area contributed by atoms with Gasteiger partial charge in [-0.25, -0.2) is 0 Å². The molecule has 0 unspecified atom stereocenters. The molecule has 3 rings (SSSR count). The average Bonchev–Trinajstić information content (AvgIpc) is 2.37. The molecule has 0 amide bonds. The number of rotatable bonds is 2. The zero-order chi connectivity index (χ0) is 11.7. The summed E-state index contributed by atoms with van der Waals surface area (Å²) in [5, 5.41) is 3.42. The summed E-state index contributed by atoms with van der Waals surface area (Å²) in [6.07, 6.45) is 2.74. The number of allylic oxidation sites excluding steroid dienone is 1. The van der Waals surface area contributed by atoms with Crippen LogP contribution in [-0.4, -0.2) is 0 Å². The summed E-state index contributed by atoms with van der Waals surface area (Å²) in [6.45, 7) is 3.78. The molecule has 0 spiro atoms. The third-order valence-electron chi connectivity index (χ3n) is 2.84. The Morgan fingerprint density at radius 1 is 1.06 bits per heavy atom. The van der Waals surface area contributed by atoms with Gasteiger partial charge in [-0.2, -0.15) is 0 Å². The smallest absolute Gasteiger partial charge is 0.151 e. The lowest BCUT2D eigenvalue weighted by atomic mass is 10.1. The van der Waals surface area contributed by atoms with Gasteiger partial charge in [0.25, 0.3) is 0 Å². The quantitative estimate of drug-likeness (QED) is 0.655. The first-order chi connectivity index (χ1) is 8.38. The molecule has 0 radical (unpaired) electrons. The van der Waals surface area contributed by atoms with E-state index in [1.54, 1.807) is 0 Å². The van der Waals surface area contributed by atoms with E-state index in [2.05, 4.69) is 18.0 Å². The number of hydrogen-bond acceptors (Lipinski definition) is 2. The fourth-order valence-corrected chi connectivity index (χ4v) is 2.04. The fourth-order valence-electron chi connectivity index (χ4n) is 2.04. The van der Waals surface area contributed by atoms with Crippen molar-refractivity contribution in [2.24, 2.45) is 0 Å². The number of fused-ring (bicyclic) bond motifs is 2. The van der Waals surface area contributed by atoms with Crippen LogP contribution in [0.2, 0.25) is 0 Å². The SMILES string of the molecule is C=CCc1cccc2c1Nc1ccccc1O2. The van der Waals surface area contributed by atoms with Gasteiger partial charge in [-0.05, 0) is 30.2 Å². The summed E-state index contributed by atoms with van der Waals surface area (Å²) in [5.41, 5.74) is 3.26. The molecule has 0 fully saturated rings. The Bertz CT molecular complexity index is 575. The van der Waals surface area contributed by atoms with Crippen LogP contribution in [-0.2, 0) is 6.42 Å². The largest absolute Gasteiger partial charge is 0.453 e. The van der Waals surface area contributed by atoms with E-state index in [1.165, 1.54) is 5.56 Å². The number of anilines is 2. The minimum Gasteiger partial charge on any atom is -0.453 e. The molecular formula is C15H13NO. The van der Waals surface area contributed by atoms with Gasteiger partial charge >= 0.3 is 0 Å². The van der Waals surface area contributed by atoms with Crippen molar-refractivity contribution in [2.45, 2.75) is 6.42 Å². The highest BCUT2D eigenvalue weighted by molar-refractivity contribution is 5.77. The number of para-hydroxylation sites is 3. The maximum absolute atomic E-state index is 5.87. The van der Waals surface area contributed by atoms with Crippen molar-refractivity contribution in [1.82, 2.24) is 0 Å². The lowest BCUT2D eigenvalue weighted by Gasteiger charge is -2.23. The zero-order valence-corrected chi connectivity index (χ0v) is 9.44. The van der Waals surface area contributed by atoms with Crippen LogP contribution in [0.25, 0.3) is 0 Å². The maximum Gasteiger partial charge on any atom is 0.151 e. The Labute approximate surface area is 101 Å². The number of nitrogens with one attached hydrogen (secondary N) is 1. The summed E-state index contributed by atoms with van der Waals surface area (Å²) < 4.78 is 5.87. The number of benzene rings is 2. The highest BCUT2D eigenvalue weighted by atomic mass is 16.5. The van der Waals surface area contributed by atoms with Gasteiger partial charge in [-0.15, -0.1) is 6.58 Å². The molecule has 0 saturated heterocycles. The van der Waals surface area contributed by atoms with Gasteiger partial charge in [0.2, 0.25) is 0 Å². The summed E-state index contributed by atoms with van der Waals surface area (Å²) >= 11 is 0. The van der Waals surface area contributed by atoms with Crippen molar-refractivity contribution in [3.8, 4) is 11.5 Å². The second-order valence-electron chi connectivity index (χ2n) is 4.01. The van der Waals surface area contributed by atoms with Crippen LogP contribution in [0.4, 0.5) is 11.4 Å². The van der Waals surface area contributed by atoms with Crippen molar-refractivity contribution >= 4 is 11.4 Å². The van der Waals surface area contributed by atoms with E-state index in [4.69, 9.17) is 4.74 Å². The molecule has 0 atom stereocenters. The minimum absolute atomic E-state index is 0.835. The normalized spacial score (nSPS) is 11.8. The van der Waals surface area contributed by atoms with Gasteiger partial charge in [-0.1, -0.05) is 30.3 Å². The van der Waals surface area contributed by atoms with E-state index in [-0.39, 0.29) is 0 Å². The Hall–Kier alpha value is -2.22. The van der Waals surface area contributed by atoms with Gasteiger partial charge in [0.05, 0.1) is 11.4 Å². The van der Waals surface area contributed by atoms with Crippen molar-refractivity contribution in [1.29, 1.82) is 0 Å². The van der Waals surface area contributed by atoms with E-state index < -0.39 is 0 Å². The minimum atomic E-state index is 0.835. The Balaban J connectivity index is 2.08. The summed E-state index contributed by atoms with van der Waals surface area (Å²) in [7, 11) is 0. The standard InChI is InChI=1S/C15H13NO/c1-2-6-11-7-5-10-14-15(11)16-12-8-3-4-9-13(12)17-14/h2-5,7-10,16H,1,6H2. The lowest BCUT2D eigenvalue weighted by Crippen LogP contribution is -2.05. The first kappa shape index (κ1) is 9.97. The summed E-state index contributed by atoms with van der Waals surface area (Å²) in [5.74, 6) is 1.75. The van der Waals surface area contributed by atoms with E-state index >= 15 is 0 Å². The molecule has 1 aliphatic heterocycles. The third-order valence-corrected chi connectivity index (χ3v) is 2.84. The molecule has 1 N–H and O–H groups in total. The molecule has 2 aromatic carbocycles. The Morgan fingerprint density at radius 2 is 1.88 bits per heavy atom. The van der Waals surface area contributed by atoms with Gasteiger partial charge in [0.1, 0.15) is 0 Å². The molecule has 2 nitrogen and oxygen atoms in total. The predicted molar refractivity (Wildman–Crippen MR) is 70.1 cm³/mol. The van der Waals surface area contributed by atoms with Gasteiger partial charge < -0.3 is 10.1 Å². The summed E-state index contributed by atoms with van der Waals surface area (Å²) in [4.78, 5) is 0. The van der Waals surface area contributed by atoms with Crippen LogP contribution < -0.4 is 10.1 Å². The highest BCUT2D eigenvalue weighted by Gasteiger charge is 2.17. The molecule has 0 aromatic heterocycles. The van der Waals surface area contributed by atoms with Crippen molar-refractivity contribution < 1.29 is 4.74 Å². The van der Waals surface area contributed by atoms with Crippen LogP contribution in [0.5, 0.6) is 11.5 Å². The molecule has 0 saturated carbocycles. The van der Waals surface area contributed by atoms with Crippen molar-refractivity contribution in [3.05, 3.63) is 60.7 Å². The Morgan fingerprint density at radius 3 is 2.76 bits per heavy atom. The fraction of sp³-hybridized carbons (Fsp3) is 0.0667. The highest BCUT2D eigenvalue weighted by Crippen LogP contribution is 2.43. The van der Waals surface area contributed by atoms with Crippen LogP contribution in [0, 0.1) is 0 Å². The van der Waals surface area contributed by atoms with Crippen LogP contribution in [0.15, 0.2) is 55.1 Å². The maximum atomic E-state index is 5.87. The van der Waals surface area contributed by atoms with Gasteiger partial charge in [0.15, 0.2) is 11.5 Å². The van der Waals surface area contributed by atoms with E-state index in [0.717, 1.165) is 29.3 Å². The molecule has 2 aromatic rings. The lowest BCUT2D eigenvalue weighted by molar-refractivity contribution is 0.480. The van der Waals surface area contributed by atoms with Crippen LogP contribution in [0.1, 0.15) is 5.56 Å².